The molecule has 5 heteroatoms. The number of pyridine rings is 1. The van der Waals surface area contributed by atoms with Gasteiger partial charge in [-0.25, -0.2) is 4.79 Å². The maximum Gasteiger partial charge on any atom is 0.337 e. The summed E-state index contributed by atoms with van der Waals surface area (Å²) in [6, 6.07) is 31.9. The van der Waals surface area contributed by atoms with Crippen LogP contribution >= 0.6 is 0 Å². The molecule has 0 spiro atoms. The smallest absolute Gasteiger partial charge is 0.337 e. The lowest BCUT2D eigenvalue weighted by atomic mass is 10.1. The Kier molecular flexibility index (Phi) is 7.42. The second kappa shape index (κ2) is 11.4. The van der Waals surface area contributed by atoms with Crippen molar-refractivity contribution in [3.8, 4) is 5.75 Å². The first-order valence-corrected chi connectivity index (χ1v) is 12.3. The summed E-state index contributed by atoms with van der Waals surface area (Å²) in [6.07, 6.45) is 4.68. The fourth-order valence-corrected chi connectivity index (χ4v) is 4.35. The number of hydrogen-bond acceptors (Lipinski definition) is 5. The lowest BCUT2D eigenvalue weighted by Gasteiger charge is -2.14. The summed E-state index contributed by atoms with van der Waals surface area (Å²) >= 11 is 0. The van der Waals surface area contributed by atoms with Crippen molar-refractivity contribution >= 4 is 39.4 Å². The number of esters is 1. The maximum absolute atomic E-state index is 11.8. The number of benzene rings is 4. The van der Waals surface area contributed by atoms with Gasteiger partial charge in [0, 0.05) is 29.9 Å². The number of carbonyl (C=O) groups excluding carboxylic acids is 1. The Labute approximate surface area is 216 Å². The lowest BCUT2D eigenvalue weighted by Crippen LogP contribution is -2.09. The van der Waals surface area contributed by atoms with E-state index in [-0.39, 0.29) is 5.97 Å². The third-order valence-corrected chi connectivity index (χ3v) is 6.27. The predicted octanol–water partition coefficient (Wildman–Crippen LogP) is 7.14. The van der Waals surface area contributed by atoms with E-state index in [9.17, 15) is 4.79 Å². The monoisotopic (exact) mass is 488 g/mol. The molecule has 5 rings (SSSR count). The fourth-order valence-electron chi connectivity index (χ4n) is 4.35. The molecule has 4 aromatic carbocycles. The highest BCUT2D eigenvalue weighted by Gasteiger charge is 2.08. The number of carbonyl (C=O) groups is 1. The zero-order valence-electron chi connectivity index (χ0n) is 20.7. The summed E-state index contributed by atoms with van der Waals surface area (Å²) in [7, 11) is 1.39. The molecule has 0 amide bonds. The van der Waals surface area contributed by atoms with Gasteiger partial charge in [0.15, 0.2) is 0 Å². The molecule has 0 aliphatic carbocycles. The number of nitrogens with zero attached hydrogens (tertiary/aromatic N) is 1. The van der Waals surface area contributed by atoms with E-state index in [0.717, 1.165) is 45.1 Å². The first-order chi connectivity index (χ1) is 18.2. The summed E-state index contributed by atoms with van der Waals surface area (Å²) in [5.74, 6) is 0.537. The van der Waals surface area contributed by atoms with Gasteiger partial charge in [-0.2, -0.15) is 0 Å². The molecule has 1 N–H and O–H groups in total. The Morgan fingerprint density at radius 1 is 0.865 bits per heavy atom. The summed E-state index contributed by atoms with van der Waals surface area (Å²) in [4.78, 5) is 16.4. The number of hydrogen-bond donors (Lipinski definition) is 1. The highest BCUT2D eigenvalue weighted by molar-refractivity contribution is 5.91. The lowest BCUT2D eigenvalue weighted by molar-refractivity contribution is 0.0600. The van der Waals surface area contributed by atoms with Crippen molar-refractivity contribution in [3.63, 3.8) is 0 Å². The molecule has 0 fully saturated rings. The number of anilines is 1. The van der Waals surface area contributed by atoms with E-state index in [4.69, 9.17) is 9.47 Å². The first kappa shape index (κ1) is 24.1. The third-order valence-electron chi connectivity index (χ3n) is 6.27. The van der Waals surface area contributed by atoms with Gasteiger partial charge in [-0.05, 0) is 46.9 Å². The van der Waals surface area contributed by atoms with E-state index in [0.29, 0.717) is 18.7 Å². The number of ether oxygens (including phenoxy) is 2. The van der Waals surface area contributed by atoms with Crippen LogP contribution in [0.15, 0.2) is 109 Å². The number of para-hydroxylation sites is 1. The molecule has 1 heterocycles. The Balaban J connectivity index is 1.35. The minimum absolute atomic E-state index is 0.343. The van der Waals surface area contributed by atoms with Crippen molar-refractivity contribution in [3.05, 3.63) is 120 Å². The molecule has 37 heavy (non-hydrogen) atoms. The van der Waals surface area contributed by atoms with Gasteiger partial charge in [-0.15, -0.1) is 0 Å². The van der Waals surface area contributed by atoms with Gasteiger partial charge in [0.2, 0.25) is 0 Å². The van der Waals surface area contributed by atoms with E-state index in [1.54, 1.807) is 12.1 Å². The maximum atomic E-state index is 11.8. The fraction of sp³-hybridized carbons (Fsp3) is 0.125. The molecular formula is C32H28N2O3. The Morgan fingerprint density at radius 2 is 1.62 bits per heavy atom. The average molecular weight is 489 g/mol. The largest absolute Gasteiger partial charge is 0.493 e. The molecule has 5 nitrogen and oxygen atoms in total. The van der Waals surface area contributed by atoms with E-state index < -0.39 is 0 Å². The number of fused-ring (bicyclic) bond motifs is 2. The van der Waals surface area contributed by atoms with Crippen LogP contribution < -0.4 is 10.1 Å². The van der Waals surface area contributed by atoms with E-state index >= 15 is 0 Å². The standard InChI is InChI=1S/C32H28N2O3/c1-36-32(35)27-16-14-23(15-17-27)21-24(22-34-29-12-4-9-26-10-6-19-33-31(26)29)18-20-37-30-13-5-8-25-7-2-3-11-28(25)30/h2-17,19,21,34H,18,20,22H2,1H3. The summed E-state index contributed by atoms with van der Waals surface area (Å²) in [5, 5.41) is 6.92. The number of methoxy groups -OCH3 is 1. The zero-order valence-corrected chi connectivity index (χ0v) is 20.7. The van der Waals surface area contributed by atoms with Gasteiger partial charge in [0.1, 0.15) is 5.75 Å². The van der Waals surface area contributed by atoms with Crippen LogP contribution in [0.4, 0.5) is 5.69 Å². The molecule has 5 aromatic rings. The van der Waals surface area contributed by atoms with Gasteiger partial charge < -0.3 is 14.8 Å². The molecule has 0 bridgehead atoms. The number of nitrogens with one attached hydrogen (secondary N) is 1. The Morgan fingerprint density at radius 3 is 2.49 bits per heavy atom. The third kappa shape index (κ3) is 5.78. The second-order valence-electron chi connectivity index (χ2n) is 8.73. The summed E-state index contributed by atoms with van der Waals surface area (Å²) in [6.45, 7) is 1.17. The minimum Gasteiger partial charge on any atom is -0.493 e. The molecular weight excluding hydrogens is 460 g/mol. The molecule has 184 valence electrons. The SMILES string of the molecule is COC(=O)c1ccc(C=C(CCOc2cccc3ccccc23)CNc2cccc3cccnc23)cc1. The molecule has 0 atom stereocenters. The molecule has 1 aromatic heterocycles. The Hall–Kier alpha value is -4.64. The Bertz CT molecular complexity index is 1550. The van der Waals surface area contributed by atoms with Crippen molar-refractivity contribution in [1.82, 2.24) is 4.98 Å². The normalized spacial score (nSPS) is 11.4. The van der Waals surface area contributed by atoms with Crippen LogP contribution in [0.5, 0.6) is 5.75 Å². The second-order valence-corrected chi connectivity index (χ2v) is 8.73. The van der Waals surface area contributed by atoms with Crippen LogP contribution in [0, 0.1) is 0 Å². The summed E-state index contributed by atoms with van der Waals surface area (Å²) in [5.41, 5.74) is 4.63. The van der Waals surface area contributed by atoms with Gasteiger partial charge in [-0.1, -0.05) is 72.8 Å². The van der Waals surface area contributed by atoms with Crippen LogP contribution in [0.25, 0.3) is 27.8 Å². The zero-order chi connectivity index (χ0) is 25.5. The quantitative estimate of drug-likeness (QED) is 0.224. The van der Waals surface area contributed by atoms with E-state index in [1.807, 2.05) is 60.8 Å². The van der Waals surface area contributed by atoms with E-state index in [2.05, 4.69) is 46.7 Å². The predicted molar refractivity (Wildman–Crippen MR) is 150 cm³/mol. The topological polar surface area (TPSA) is 60.5 Å². The van der Waals surface area contributed by atoms with Crippen molar-refractivity contribution < 1.29 is 14.3 Å². The van der Waals surface area contributed by atoms with E-state index in [1.165, 1.54) is 12.7 Å². The molecule has 0 saturated heterocycles. The number of aromatic nitrogens is 1. The van der Waals surface area contributed by atoms with Crippen molar-refractivity contribution in [2.75, 3.05) is 25.6 Å². The van der Waals surface area contributed by atoms with Crippen LogP contribution in [0.3, 0.4) is 0 Å². The highest BCUT2D eigenvalue weighted by Crippen LogP contribution is 2.26. The van der Waals surface area contributed by atoms with Gasteiger partial charge in [-0.3, -0.25) is 4.98 Å². The molecule has 0 aliphatic heterocycles. The van der Waals surface area contributed by atoms with Crippen LogP contribution in [0.2, 0.25) is 0 Å². The van der Waals surface area contributed by atoms with Gasteiger partial charge in [0.05, 0.1) is 30.5 Å². The molecule has 0 aliphatic rings. The molecule has 0 unspecified atom stereocenters. The molecule has 0 saturated carbocycles. The van der Waals surface area contributed by atoms with Crippen LogP contribution in [-0.2, 0) is 4.74 Å². The van der Waals surface area contributed by atoms with Crippen molar-refractivity contribution in [1.29, 1.82) is 0 Å². The summed E-state index contributed by atoms with van der Waals surface area (Å²) < 4.78 is 11.1. The highest BCUT2D eigenvalue weighted by atomic mass is 16.5. The molecule has 0 radical (unpaired) electrons. The first-order valence-electron chi connectivity index (χ1n) is 12.3. The van der Waals surface area contributed by atoms with Gasteiger partial charge in [0.25, 0.3) is 0 Å². The van der Waals surface area contributed by atoms with Crippen molar-refractivity contribution in [2.24, 2.45) is 0 Å². The minimum atomic E-state index is -0.343. The number of rotatable bonds is 9. The average Bonchev–Trinajstić information content (AvgIpc) is 2.96. The van der Waals surface area contributed by atoms with Crippen molar-refractivity contribution in [2.45, 2.75) is 6.42 Å². The van der Waals surface area contributed by atoms with Crippen LogP contribution in [-0.4, -0.2) is 31.2 Å². The van der Waals surface area contributed by atoms with Crippen LogP contribution in [0.1, 0.15) is 22.3 Å². The van der Waals surface area contributed by atoms with Gasteiger partial charge >= 0.3 is 5.97 Å².